The number of aryl methyl sites for hydroxylation is 1. The molecule has 1 aliphatic heterocycles. The molecule has 1 N–H and O–H groups in total. The highest BCUT2D eigenvalue weighted by molar-refractivity contribution is 6.11. The van der Waals surface area contributed by atoms with Gasteiger partial charge in [-0.3, -0.25) is 9.69 Å². The van der Waals surface area contributed by atoms with Crippen LogP contribution in [0.15, 0.2) is 35.0 Å². The molecule has 3 rings (SSSR count). The van der Waals surface area contributed by atoms with Crippen molar-refractivity contribution in [2.75, 3.05) is 4.90 Å². The first-order chi connectivity index (χ1) is 9.59. The van der Waals surface area contributed by atoms with Crippen LogP contribution >= 0.6 is 0 Å². The highest BCUT2D eigenvalue weighted by atomic mass is 16.5. The third kappa shape index (κ3) is 1.77. The topological polar surface area (TPSA) is 83.6 Å². The average molecular weight is 272 g/mol. The number of rotatable bonds is 2. The lowest BCUT2D eigenvalue weighted by atomic mass is 10.1. The Bertz CT molecular complexity index is 692. The molecule has 6 heteroatoms. The lowest BCUT2D eigenvalue weighted by molar-refractivity contribution is -0.138. The summed E-state index contributed by atoms with van der Waals surface area (Å²) < 4.78 is 4.88. The molecule has 1 aliphatic rings. The largest absolute Gasteiger partial charge is 0.480 e. The first kappa shape index (κ1) is 12.4. The number of aromatic nitrogens is 1. The molecule has 0 bridgehead atoms. The summed E-state index contributed by atoms with van der Waals surface area (Å²) in [5.74, 6) is -1.05. The number of hydrogen-bond acceptors (Lipinski definition) is 4. The Hall–Kier alpha value is -2.63. The Morgan fingerprint density at radius 3 is 2.80 bits per heavy atom. The molecule has 1 aromatic heterocycles. The maximum absolute atomic E-state index is 12.6. The number of fused-ring (bicyclic) bond motifs is 1. The summed E-state index contributed by atoms with van der Waals surface area (Å²) in [6.07, 6.45) is 1.62. The van der Waals surface area contributed by atoms with Crippen LogP contribution < -0.4 is 4.90 Å². The fraction of sp³-hybridized carbons (Fsp3) is 0.214. The third-order valence-corrected chi connectivity index (χ3v) is 3.46. The van der Waals surface area contributed by atoms with E-state index in [4.69, 9.17) is 4.52 Å². The van der Waals surface area contributed by atoms with E-state index in [2.05, 4.69) is 5.16 Å². The van der Waals surface area contributed by atoms with Gasteiger partial charge in [0.05, 0.1) is 6.20 Å². The minimum Gasteiger partial charge on any atom is -0.480 e. The lowest BCUT2D eigenvalue weighted by Gasteiger charge is -2.22. The first-order valence-electron chi connectivity index (χ1n) is 6.15. The number of para-hydroxylation sites is 1. The van der Waals surface area contributed by atoms with Crippen molar-refractivity contribution in [1.82, 2.24) is 5.16 Å². The highest BCUT2D eigenvalue weighted by Gasteiger charge is 2.39. The molecular weight excluding hydrogens is 260 g/mol. The van der Waals surface area contributed by atoms with Gasteiger partial charge < -0.3 is 9.63 Å². The number of carboxylic acids is 1. The van der Waals surface area contributed by atoms with Crippen LogP contribution in [0.2, 0.25) is 0 Å². The number of nitrogens with zero attached hydrogens (tertiary/aromatic N) is 2. The fourth-order valence-electron chi connectivity index (χ4n) is 2.47. The van der Waals surface area contributed by atoms with Crippen LogP contribution in [-0.4, -0.2) is 28.2 Å². The normalized spacial score (nSPS) is 17.1. The molecule has 20 heavy (non-hydrogen) atoms. The lowest BCUT2D eigenvalue weighted by Crippen LogP contribution is -2.43. The van der Waals surface area contributed by atoms with E-state index in [1.807, 2.05) is 12.1 Å². The maximum Gasteiger partial charge on any atom is 0.327 e. The first-order valence-corrected chi connectivity index (χ1v) is 6.15. The van der Waals surface area contributed by atoms with Crippen molar-refractivity contribution < 1.29 is 19.2 Å². The average Bonchev–Trinajstić information content (AvgIpc) is 3.01. The molecule has 0 saturated carbocycles. The highest BCUT2D eigenvalue weighted by Crippen LogP contribution is 2.33. The van der Waals surface area contributed by atoms with E-state index in [1.54, 1.807) is 19.1 Å². The summed E-state index contributed by atoms with van der Waals surface area (Å²) in [6, 6.07) is 6.30. The number of aliphatic carboxylic acids is 1. The van der Waals surface area contributed by atoms with E-state index in [9.17, 15) is 14.7 Å². The van der Waals surface area contributed by atoms with Crippen LogP contribution in [0, 0.1) is 6.92 Å². The molecule has 0 saturated heterocycles. The van der Waals surface area contributed by atoms with E-state index >= 15 is 0 Å². The molecule has 0 radical (unpaired) electrons. The monoisotopic (exact) mass is 272 g/mol. The summed E-state index contributed by atoms with van der Waals surface area (Å²) in [5.41, 5.74) is 1.76. The van der Waals surface area contributed by atoms with Crippen molar-refractivity contribution in [2.45, 2.75) is 19.4 Å². The van der Waals surface area contributed by atoms with Crippen molar-refractivity contribution in [3.05, 3.63) is 47.3 Å². The van der Waals surface area contributed by atoms with Gasteiger partial charge in [-0.05, 0) is 18.6 Å². The number of amides is 1. The van der Waals surface area contributed by atoms with Gasteiger partial charge in [-0.2, -0.15) is 0 Å². The number of carbonyl (C=O) groups is 2. The second-order valence-corrected chi connectivity index (χ2v) is 4.66. The molecule has 102 valence electrons. The van der Waals surface area contributed by atoms with E-state index in [0.29, 0.717) is 17.9 Å². The summed E-state index contributed by atoms with van der Waals surface area (Å²) in [4.78, 5) is 25.3. The van der Waals surface area contributed by atoms with Gasteiger partial charge in [0.25, 0.3) is 5.91 Å². The Balaban J connectivity index is 2.07. The van der Waals surface area contributed by atoms with Crippen molar-refractivity contribution in [2.24, 2.45) is 0 Å². The van der Waals surface area contributed by atoms with Gasteiger partial charge in [0.1, 0.15) is 17.4 Å². The van der Waals surface area contributed by atoms with E-state index in [-0.39, 0.29) is 5.56 Å². The summed E-state index contributed by atoms with van der Waals surface area (Å²) in [6.45, 7) is 1.62. The Labute approximate surface area is 114 Å². The maximum atomic E-state index is 12.6. The number of benzene rings is 1. The van der Waals surface area contributed by atoms with Gasteiger partial charge in [-0.15, -0.1) is 0 Å². The Kier molecular flexibility index (Phi) is 2.78. The van der Waals surface area contributed by atoms with Crippen LogP contribution in [0.1, 0.15) is 21.7 Å². The second kappa shape index (κ2) is 4.48. The van der Waals surface area contributed by atoms with Gasteiger partial charge in [-0.25, -0.2) is 4.79 Å². The van der Waals surface area contributed by atoms with Crippen LogP contribution in [0.25, 0.3) is 0 Å². The van der Waals surface area contributed by atoms with Crippen LogP contribution in [0.5, 0.6) is 0 Å². The zero-order valence-corrected chi connectivity index (χ0v) is 10.7. The zero-order valence-electron chi connectivity index (χ0n) is 10.7. The minimum absolute atomic E-state index is 0.285. The standard InChI is InChI=1S/C14H12N2O4/c1-8-10(7-15-20-8)13(17)16-11-5-3-2-4-9(11)6-12(16)14(18)19/h2-5,7,12H,6H2,1H3,(H,18,19). The third-order valence-electron chi connectivity index (χ3n) is 3.46. The van der Waals surface area contributed by atoms with E-state index < -0.39 is 17.9 Å². The number of carboxylic acid groups (broad SMARTS) is 1. The molecule has 0 aliphatic carbocycles. The molecule has 2 heterocycles. The summed E-state index contributed by atoms with van der Waals surface area (Å²) in [7, 11) is 0. The number of carbonyl (C=O) groups excluding carboxylic acids is 1. The molecule has 1 atom stereocenters. The van der Waals surface area contributed by atoms with Crippen molar-refractivity contribution in [1.29, 1.82) is 0 Å². The molecule has 6 nitrogen and oxygen atoms in total. The van der Waals surface area contributed by atoms with Crippen LogP contribution in [0.3, 0.4) is 0 Å². The summed E-state index contributed by atoms with van der Waals surface area (Å²) in [5, 5.41) is 12.9. The minimum atomic E-state index is -1.02. The molecule has 2 aromatic rings. The number of hydrogen-bond donors (Lipinski definition) is 1. The Morgan fingerprint density at radius 1 is 1.40 bits per heavy atom. The second-order valence-electron chi connectivity index (χ2n) is 4.66. The van der Waals surface area contributed by atoms with Crippen LogP contribution in [-0.2, 0) is 11.2 Å². The van der Waals surface area contributed by atoms with Gasteiger partial charge in [0.15, 0.2) is 0 Å². The Morgan fingerprint density at radius 2 is 2.15 bits per heavy atom. The summed E-state index contributed by atoms with van der Waals surface area (Å²) >= 11 is 0. The van der Waals surface area contributed by atoms with Crippen molar-refractivity contribution in [3.8, 4) is 0 Å². The van der Waals surface area contributed by atoms with Gasteiger partial charge >= 0.3 is 5.97 Å². The predicted octanol–water partition coefficient (Wildman–Crippen LogP) is 1.64. The van der Waals surface area contributed by atoms with E-state index in [0.717, 1.165) is 5.56 Å². The molecule has 1 unspecified atom stereocenters. The smallest absolute Gasteiger partial charge is 0.327 e. The zero-order chi connectivity index (χ0) is 14.3. The molecular formula is C14H12N2O4. The van der Waals surface area contributed by atoms with Crippen molar-refractivity contribution >= 4 is 17.6 Å². The SMILES string of the molecule is Cc1oncc1C(=O)N1c2ccccc2CC1C(=O)O. The van der Waals surface area contributed by atoms with Gasteiger partial charge in [-0.1, -0.05) is 23.4 Å². The quantitative estimate of drug-likeness (QED) is 0.898. The van der Waals surface area contributed by atoms with E-state index in [1.165, 1.54) is 11.1 Å². The molecule has 0 spiro atoms. The molecule has 1 amide bonds. The predicted molar refractivity (Wildman–Crippen MR) is 69.6 cm³/mol. The fourth-order valence-corrected chi connectivity index (χ4v) is 2.47. The molecule has 1 aromatic carbocycles. The molecule has 0 fully saturated rings. The van der Waals surface area contributed by atoms with Gasteiger partial charge in [0.2, 0.25) is 0 Å². The van der Waals surface area contributed by atoms with Crippen molar-refractivity contribution in [3.63, 3.8) is 0 Å². The van der Waals surface area contributed by atoms with Gasteiger partial charge in [0, 0.05) is 12.1 Å². The van der Waals surface area contributed by atoms with Crippen LogP contribution in [0.4, 0.5) is 5.69 Å². The number of anilines is 1.